The normalized spacial score (nSPS) is 11.5. The van der Waals surface area contributed by atoms with Gasteiger partial charge < -0.3 is 4.42 Å². The Labute approximate surface area is 170 Å². The maximum Gasteiger partial charge on any atom is 0.336 e. The van der Waals surface area contributed by atoms with Crippen LogP contribution in [0.2, 0.25) is 5.02 Å². The van der Waals surface area contributed by atoms with Gasteiger partial charge in [-0.1, -0.05) is 59.8 Å². The summed E-state index contributed by atoms with van der Waals surface area (Å²) in [6, 6.07) is 15.1. The van der Waals surface area contributed by atoms with Gasteiger partial charge in [-0.15, -0.1) is 5.10 Å². The van der Waals surface area contributed by atoms with Gasteiger partial charge in [-0.05, 0) is 41.8 Å². The Balaban J connectivity index is 1.52. The molecular formula is C21H16ClN3O2S. The lowest BCUT2D eigenvalue weighted by Crippen LogP contribution is -2.00. The van der Waals surface area contributed by atoms with Gasteiger partial charge >= 0.3 is 5.63 Å². The van der Waals surface area contributed by atoms with E-state index in [0.717, 1.165) is 22.1 Å². The van der Waals surface area contributed by atoms with Crippen LogP contribution in [0.4, 0.5) is 0 Å². The largest absolute Gasteiger partial charge is 0.423 e. The van der Waals surface area contributed by atoms with Crippen molar-refractivity contribution < 1.29 is 4.42 Å². The van der Waals surface area contributed by atoms with Crippen LogP contribution in [-0.4, -0.2) is 15.2 Å². The molecule has 0 aliphatic carbocycles. The van der Waals surface area contributed by atoms with Crippen molar-refractivity contribution in [1.82, 2.24) is 15.2 Å². The number of halogens is 1. The summed E-state index contributed by atoms with van der Waals surface area (Å²) in [6.07, 6.45) is 3.84. The number of benzene rings is 2. The molecule has 0 saturated heterocycles. The molecule has 0 amide bonds. The van der Waals surface area contributed by atoms with Crippen molar-refractivity contribution in [3.8, 4) is 0 Å². The molecule has 0 bridgehead atoms. The highest BCUT2D eigenvalue weighted by Crippen LogP contribution is 2.28. The van der Waals surface area contributed by atoms with Gasteiger partial charge in [0.2, 0.25) is 5.16 Å². The van der Waals surface area contributed by atoms with Crippen molar-refractivity contribution in [2.75, 3.05) is 0 Å². The molecule has 0 aliphatic heterocycles. The number of hydrogen-bond donors (Lipinski definition) is 1. The minimum Gasteiger partial charge on any atom is -0.423 e. The Bertz CT molecular complexity index is 1220. The van der Waals surface area contributed by atoms with E-state index in [1.54, 1.807) is 6.07 Å². The number of aromatic amines is 1. The van der Waals surface area contributed by atoms with Crippen molar-refractivity contribution >= 4 is 46.5 Å². The van der Waals surface area contributed by atoms with E-state index in [1.807, 2.05) is 55.5 Å². The highest BCUT2D eigenvalue weighted by molar-refractivity contribution is 7.98. The minimum atomic E-state index is -0.383. The lowest BCUT2D eigenvalue weighted by molar-refractivity contribution is 0.559. The topological polar surface area (TPSA) is 71.8 Å². The predicted octanol–water partition coefficient (Wildman–Crippen LogP) is 5.34. The smallest absolute Gasteiger partial charge is 0.336 e. The SMILES string of the molecule is Cc1cc2oc(=O)cc(CSc3n[nH]c(/C=C/c4ccccc4)n3)c2cc1Cl. The Kier molecular flexibility index (Phi) is 5.32. The number of fused-ring (bicyclic) bond motifs is 1. The zero-order chi connectivity index (χ0) is 19.5. The molecule has 2 aromatic heterocycles. The molecule has 1 N–H and O–H groups in total. The van der Waals surface area contributed by atoms with Crippen LogP contribution in [0.15, 0.2) is 62.9 Å². The fourth-order valence-corrected chi connectivity index (χ4v) is 3.71. The van der Waals surface area contributed by atoms with E-state index in [9.17, 15) is 4.79 Å². The van der Waals surface area contributed by atoms with Gasteiger partial charge in [0, 0.05) is 22.2 Å². The van der Waals surface area contributed by atoms with Gasteiger partial charge in [0.05, 0.1) is 0 Å². The summed E-state index contributed by atoms with van der Waals surface area (Å²) in [5.74, 6) is 1.20. The molecule has 0 saturated carbocycles. The van der Waals surface area contributed by atoms with E-state index in [2.05, 4.69) is 15.2 Å². The highest BCUT2D eigenvalue weighted by Gasteiger charge is 2.10. The standard InChI is InChI=1S/C21H16ClN3O2S/c1-13-9-18-16(11-17(13)22)15(10-20(26)27-18)12-28-21-23-19(24-25-21)8-7-14-5-3-2-4-6-14/h2-11H,12H2,1H3,(H,23,24,25)/b8-7+. The third kappa shape index (κ3) is 4.18. The fourth-order valence-electron chi connectivity index (χ4n) is 2.75. The first kappa shape index (κ1) is 18.5. The zero-order valence-electron chi connectivity index (χ0n) is 15.0. The maximum atomic E-state index is 11.9. The molecule has 5 nitrogen and oxygen atoms in total. The van der Waals surface area contributed by atoms with Gasteiger partial charge in [0.25, 0.3) is 0 Å². The van der Waals surface area contributed by atoms with E-state index in [4.69, 9.17) is 16.0 Å². The molecule has 0 atom stereocenters. The third-order valence-corrected chi connectivity index (χ3v) is 5.48. The molecule has 4 aromatic rings. The number of thioether (sulfide) groups is 1. The van der Waals surface area contributed by atoms with Crippen LogP contribution < -0.4 is 5.63 Å². The van der Waals surface area contributed by atoms with E-state index in [1.165, 1.54) is 17.8 Å². The first-order valence-corrected chi connectivity index (χ1v) is 9.96. The van der Waals surface area contributed by atoms with E-state index in [-0.39, 0.29) is 5.63 Å². The van der Waals surface area contributed by atoms with E-state index in [0.29, 0.717) is 27.3 Å². The van der Waals surface area contributed by atoms with Gasteiger partial charge in [0.15, 0.2) is 0 Å². The Morgan fingerprint density at radius 1 is 1.18 bits per heavy atom. The summed E-state index contributed by atoms with van der Waals surface area (Å²) in [6.45, 7) is 1.88. The van der Waals surface area contributed by atoms with Crippen molar-refractivity contribution in [2.24, 2.45) is 0 Å². The summed E-state index contributed by atoms with van der Waals surface area (Å²) >= 11 is 7.68. The quantitative estimate of drug-likeness (QED) is 0.356. The molecule has 7 heteroatoms. The maximum absolute atomic E-state index is 11.9. The molecule has 0 aliphatic rings. The first-order chi connectivity index (χ1) is 13.6. The second kappa shape index (κ2) is 8.04. The van der Waals surface area contributed by atoms with Crippen LogP contribution in [0.1, 0.15) is 22.5 Å². The van der Waals surface area contributed by atoms with Crippen molar-refractivity contribution in [1.29, 1.82) is 0 Å². The number of aromatic nitrogens is 3. The van der Waals surface area contributed by atoms with Crippen LogP contribution in [-0.2, 0) is 5.75 Å². The third-order valence-electron chi connectivity index (χ3n) is 4.18. The van der Waals surface area contributed by atoms with Crippen molar-refractivity contribution in [2.45, 2.75) is 17.8 Å². The van der Waals surface area contributed by atoms with Crippen molar-refractivity contribution in [3.63, 3.8) is 0 Å². The number of rotatable bonds is 5. The van der Waals surface area contributed by atoms with Gasteiger partial charge in [-0.2, -0.15) is 0 Å². The van der Waals surface area contributed by atoms with Crippen molar-refractivity contribution in [3.05, 3.63) is 86.5 Å². The average Bonchev–Trinajstić information content (AvgIpc) is 3.14. The Morgan fingerprint density at radius 2 is 2.00 bits per heavy atom. The van der Waals surface area contributed by atoms with Crippen LogP contribution in [0, 0.1) is 6.92 Å². The zero-order valence-corrected chi connectivity index (χ0v) is 16.6. The first-order valence-electron chi connectivity index (χ1n) is 8.60. The lowest BCUT2D eigenvalue weighted by Gasteiger charge is -2.06. The molecule has 2 aromatic carbocycles. The summed E-state index contributed by atoms with van der Waals surface area (Å²) in [7, 11) is 0. The number of nitrogens with one attached hydrogen (secondary N) is 1. The van der Waals surface area contributed by atoms with Gasteiger partial charge in [-0.3, -0.25) is 5.10 Å². The summed E-state index contributed by atoms with van der Waals surface area (Å²) in [5, 5.41) is 9.20. The highest BCUT2D eigenvalue weighted by atomic mass is 35.5. The summed E-state index contributed by atoms with van der Waals surface area (Å²) in [4.78, 5) is 16.3. The lowest BCUT2D eigenvalue weighted by atomic mass is 10.1. The van der Waals surface area contributed by atoms with Crippen LogP contribution in [0.3, 0.4) is 0 Å². The molecular weight excluding hydrogens is 394 g/mol. The predicted molar refractivity (Wildman–Crippen MR) is 114 cm³/mol. The molecule has 0 fully saturated rings. The van der Waals surface area contributed by atoms with Gasteiger partial charge in [-0.25, -0.2) is 9.78 Å². The molecule has 0 unspecified atom stereocenters. The van der Waals surface area contributed by atoms with Crippen LogP contribution >= 0.6 is 23.4 Å². The second-order valence-electron chi connectivity index (χ2n) is 6.22. The molecule has 140 valence electrons. The number of hydrogen-bond acceptors (Lipinski definition) is 5. The van der Waals surface area contributed by atoms with E-state index < -0.39 is 0 Å². The monoisotopic (exact) mass is 409 g/mol. The minimum absolute atomic E-state index is 0.383. The average molecular weight is 410 g/mol. The summed E-state index contributed by atoms with van der Waals surface area (Å²) in [5.41, 5.74) is 2.94. The Morgan fingerprint density at radius 3 is 2.82 bits per heavy atom. The second-order valence-corrected chi connectivity index (χ2v) is 7.57. The molecule has 2 heterocycles. The molecule has 0 spiro atoms. The van der Waals surface area contributed by atoms with E-state index >= 15 is 0 Å². The number of nitrogens with zero attached hydrogens (tertiary/aromatic N) is 2. The fraction of sp³-hybridized carbons (Fsp3) is 0.0952. The summed E-state index contributed by atoms with van der Waals surface area (Å²) < 4.78 is 5.30. The number of aryl methyl sites for hydroxylation is 1. The Hall–Kier alpha value is -2.83. The van der Waals surface area contributed by atoms with Crippen LogP contribution in [0.5, 0.6) is 0 Å². The molecule has 0 radical (unpaired) electrons. The molecule has 4 rings (SSSR count). The number of H-pyrrole nitrogens is 1. The van der Waals surface area contributed by atoms with Crippen LogP contribution in [0.25, 0.3) is 23.1 Å². The van der Waals surface area contributed by atoms with Gasteiger partial charge in [0.1, 0.15) is 11.4 Å². The molecule has 28 heavy (non-hydrogen) atoms.